The Hall–Kier alpha value is -0.170. The van der Waals surface area contributed by atoms with Crippen molar-refractivity contribution in [2.24, 2.45) is 11.7 Å². The van der Waals surface area contributed by atoms with Crippen LogP contribution in [-0.2, 0) is 10.2 Å². The molecule has 1 saturated carbocycles. The molecule has 1 aliphatic rings. The second-order valence-electron chi connectivity index (χ2n) is 4.00. The van der Waals surface area contributed by atoms with Gasteiger partial charge in [0.1, 0.15) is 0 Å². The molecule has 84 valence electrons. The van der Waals surface area contributed by atoms with Crippen LogP contribution in [0.1, 0.15) is 26.7 Å². The molecular weight excluding hydrogens is 202 g/mol. The average Bonchev–Trinajstić information content (AvgIpc) is 2.85. The molecule has 5 nitrogen and oxygen atoms in total. The molecule has 0 heterocycles. The molecule has 1 fully saturated rings. The van der Waals surface area contributed by atoms with Crippen molar-refractivity contribution in [1.82, 2.24) is 9.44 Å². The van der Waals surface area contributed by atoms with E-state index >= 15 is 0 Å². The molecule has 1 aliphatic carbocycles. The average molecular weight is 221 g/mol. The fraction of sp³-hybridized carbons (Fsp3) is 1.00. The lowest BCUT2D eigenvalue weighted by molar-refractivity contribution is 0.372. The van der Waals surface area contributed by atoms with Gasteiger partial charge in [-0.3, -0.25) is 0 Å². The van der Waals surface area contributed by atoms with Crippen LogP contribution in [-0.4, -0.2) is 27.0 Å². The van der Waals surface area contributed by atoms with Gasteiger partial charge in [-0.1, -0.05) is 6.92 Å². The molecule has 0 amide bonds. The molecule has 0 aromatic carbocycles. The van der Waals surface area contributed by atoms with E-state index in [4.69, 9.17) is 5.73 Å². The first kappa shape index (κ1) is 11.9. The third-order valence-corrected chi connectivity index (χ3v) is 4.01. The van der Waals surface area contributed by atoms with Crippen LogP contribution in [0.5, 0.6) is 0 Å². The van der Waals surface area contributed by atoms with Crippen LogP contribution in [0, 0.1) is 5.92 Å². The van der Waals surface area contributed by atoms with E-state index in [1.54, 1.807) is 6.92 Å². The molecule has 0 aromatic heterocycles. The number of hydrogen-bond acceptors (Lipinski definition) is 3. The van der Waals surface area contributed by atoms with E-state index in [-0.39, 0.29) is 0 Å². The van der Waals surface area contributed by atoms with Crippen LogP contribution in [0.3, 0.4) is 0 Å². The van der Waals surface area contributed by atoms with Crippen LogP contribution < -0.4 is 15.2 Å². The number of nitrogens with one attached hydrogen (secondary N) is 2. The van der Waals surface area contributed by atoms with Gasteiger partial charge in [-0.15, -0.1) is 0 Å². The molecule has 0 bridgehead atoms. The number of nitrogens with two attached hydrogens (primary N) is 1. The first-order valence-corrected chi connectivity index (χ1v) is 6.40. The summed E-state index contributed by atoms with van der Waals surface area (Å²) in [6.07, 6.45) is 2.12. The van der Waals surface area contributed by atoms with E-state index in [0.717, 1.165) is 12.8 Å². The Labute approximate surface area is 85.6 Å². The summed E-state index contributed by atoms with van der Waals surface area (Å²) in [5.41, 5.74) is 5.11. The van der Waals surface area contributed by atoms with Crippen molar-refractivity contribution in [2.45, 2.75) is 32.2 Å². The maximum atomic E-state index is 11.5. The Morgan fingerprint density at radius 2 is 2.07 bits per heavy atom. The maximum Gasteiger partial charge on any atom is 0.277 e. The topological polar surface area (TPSA) is 84.2 Å². The normalized spacial score (nSPS) is 21.9. The highest BCUT2D eigenvalue weighted by atomic mass is 32.2. The molecule has 0 radical (unpaired) electrons. The van der Waals surface area contributed by atoms with Crippen LogP contribution in [0.15, 0.2) is 0 Å². The fourth-order valence-electron chi connectivity index (χ4n) is 1.55. The minimum absolute atomic E-state index is 0.336. The molecule has 1 unspecified atom stereocenters. The van der Waals surface area contributed by atoms with Gasteiger partial charge in [-0.25, -0.2) is 4.72 Å². The predicted octanol–water partition coefficient (Wildman–Crippen LogP) is -0.442. The smallest absolute Gasteiger partial charge is 0.277 e. The molecule has 0 aromatic rings. The molecule has 0 spiro atoms. The van der Waals surface area contributed by atoms with Crippen molar-refractivity contribution in [3.05, 3.63) is 0 Å². The largest absolute Gasteiger partial charge is 0.329 e. The van der Waals surface area contributed by atoms with Gasteiger partial charge in [-0.2, -0.15) is 13.1 Å². The Morgan fingerprint density at radius 1 is 1.50 bits per heavy atom. The van der Waals surface area contributed by atoms with Crippen molar-refractivity contribution in [3.8, 4) is 0 Å². The van der Waals surface area contributed by atoms with E-state index in [0.29, 0.717) is 19.0 Å². The highest BCUT2D eigenvalue weighted by molar-refractivity contribution is 7.87. The third kappa shape index (κ3) is 2.91. The van der Waals surface area contributed by atoms with Crippen LogP contribution in [0.25, 0.3) is 0 Å². The van der Waals surface area contributed by atoms with Gasteiger partial charge < -0.3 is 5.73 Å². The maximum absolute atomic E-state index is 11.5. The summed E-state index contributed by atoms with van der Waals surface area (Å²) in [6, 6.07) is 0. The number of rotatable bonds is 6. The first-order chi connectivity index (χ1) is 6.43. The second-order valence-corrected chi connectivity index (χ2v) is 5.50. The first-order valence-electron chi connectivity index (χ1n) is 4.92. The van der Waals surface area contributed by atoms with E-state index in [1.165, 1.54) is 0 Å². The monoisotopic (exact) mass is 221 g/mol. The van der Waals surface area contributed by atoms with Gasteiger partial charge in [0.15, 0.2) is 0 Å². The molecule has 1 atom stereocenters. The van der Waals surface area contributed by atoms with Gasteiger partial charge in [0.25, 0.3) is 10.2 Å². The third-order valence-electron chi connectivity index (χ3n) is 2.60. The van der Waals surface area contributed by atoms with Gasteiger partial charge >= 0.3 is 0 Å². The lowest BCUT2D eigenvalue weighted by Crippen LogP contribution is -2.56. The summed E-state index contributed by atoms with van der Waals surface area (Å²) in [6.45, 7) is 4.33. The van der Waals surface area contributed by atoms with Gasteiger partial charge in [0.05, 0.1) is 0 Å². The molecule has 14 heavy (non-hydrogen) atoms. The summed E-state index contributed by atoms with van der Waals surface area (Å²) in [5, 5.41) is 0. The molecule has 6 heteroatoms. The highest BCUT2D eigenvalue weighted by Crippen LogP contribution is 2.39. The Morgan fingerprint density at radius 3 is 2.43 bits per heavy atom. The molecular formula is C8H19N3O2S. The second kappa shape index (κ2) is 4.14. The zero-order valence-electron chi connectivity index (χ0n) is 8.71. The quantitative estimate of drug-likeness (QED) is 0.568. The van der Waals surface area contributed by atoms with Crippen molar-refractivity contribution >= 4 is 10.2 Å². The molecule has 1 rings (SSSR count). The molecule has 0 aliphatic heterocycles. The Kier molecular flexibility index (Phi) is 3.52. The van der Waals surface area contributed by atoms with E-state index in [9.17, 15) is 8.42 Å². The summed E-state index contributed by atoms with van der Waals surface area (Å²) < 4.78 is 27.9. The summed E-state index contributed by atoms with van der Waals surface area (Å²) in [5.74, 6) is 0.390. The lowest BCUT2D eigenvalue weighted by Gasteiger charge is -2.28. The zero-order chi connectivity index (χ0) is 10.8. The predicted molar refractivity (Wildman–Crippen MR) is 55.9 cm³/mol. The standard InChI is InChI=1S/C8H19N3O2S/c1-3-10-14(12,13)11-8(2,6-9)7-4-5-7/h7,10-11H,3-6,9H2,1-2H3. The summed E-state index contributed by atoms with van der Waals surface area (Å²) in [7, 11) is -3.39. The summed E-state index contributed by atoms with van der Waals surface area (Å²) in [4.78, 5) is 0. The van der Waals surface area contributed by atoms with Crippen molar-refractivity contribution < 1.29 is 8.42 Å². The minimum atomic E-state index is -3.39. The Bertz CT molecular complexity index is 287. The fourth-order valence-corrected chi connectivity index (χ4v) is 2.86. The van der Waals surface area contributed by atoms with Gasteiger partial charge in [0.2, 0.25) is 0 Å². The zero-order valence-corrected chi connectivity index (χ0v) is 9.52. The van der Waals surface area contributed by atoms with E-state index in [2.05, 4.69) is 9.44 Å². The van der Waals surface area contributed by atoms with Crippen LogP contribution >= 0.6 is 0 Å². The number of hydrogen-bond donors (Lipinski definition) is 3. The SMILES string of the molecule is CCNS(=O)(=O)NC(C)(CN)C1CC1. The van der Waals surface area contributed by atoms with E-state index in [1.807, 2.05) is 6.92 Å². The van der Waals surface area contributed by atoms with Crippen molar-refractivity contribution in [2.75, 3.05) is 13.1 Å². The van der Waals surface area contributed by atoms with Crippen molar-refractivity contribution in [3.63, 3.8) is 0 Å². The molecule has 4 N–H and O–H groups in total. The van der Waals surface area contributed by atoms with E-state index < -0.39 is 15.7 Å². The Balaban J connectivity index is 2.64. The van der Waals surface area contributed by atoms with Gasteiger partial charge in [0, 0.05) is 18.6 Å². The van der Waals surface area contributed by atoms with Crippen molar-refractivity contribution in [1.29, 1.82) is 0 Å². The highest BCUT2D eigenvalue weighted by Gasteiger charge is 2.42. The van der Waals surface area contributed by atoms with Gasteiger partial charge in [-0.05, 0) is 25.7 Å². The van der Waals surface area contributed by atoms with Crippen LogP contribution in [0.2, 0.25) is 0 Å². The molecule has 0 saturated heterocycles. The minimum Gasteiger partial charge on any atom is -0.329 e. The van der Waals surface area contributed by atoms with Crippen LogP contribution in [0.4, 0.5) is 0 Å². The lowest BCUT2D eigenvalue weighted by atomic mass is 9.98. The summed E-state index contributed by atoms with van der Waals surface area (Å²) >= 11 is 0.